The number of nitrogens with one attached hydrogen (secondary N) is 3. The van der Waals surface area contributed by atoms with Crippen molar-refractivity contribution >= 4 is 22.8 Å². The molecular weight excluding hydrogens is 328 g/mol. The van der Waals surface area contributed by atoms with E-state index in [1.165, 1.54) is 0 Å². The summed E-state index contributed by atoms with van der Waals surface area (Å²) in [6, 6.07) is 9.69. The highest BCUT2D eigenvalue weighted by Crippen LogP contribution is 2.21. The van der Waals surface area contributed by atoms with Crippen molar-refractivity contribution in [1.29, 1.82) is 0 Å². The van der Waals surface area contributed by atoms with Gasteiger partial charge in [0.25, 0.3) is 5.91 Å². The van der Waals surface area contributed by atoms with E-state index in [0.717, 1.165) is 42.1 Å². The molecule has 7 heteroatoms. The smallest absolute Gasteiger partial charge is 0.251 e. The van der Waals surface area contributed by atoms with Crippen LogP contribution in [0, 0.1) is 6.92 Å². The van der Waals surface area contributed by atoms with E-state index in [2.05, 4.69) is 37.5 Å². The first kappa shape index (κ1) is 16.5. The quantitative estimate of drug-likeness (QED) is 0.673. The van der Waals surface area contributed by atoms with Crippen LogP contribution in [0.2, 0.25) is 0 Å². The van der Waals surface area contributed by atoms with Crippen LogP contribution in [0.5, 0.6) is 0 Å². The van der Waals surface area contributed by atoms with Crippen molar-refractivity contribution in [3.8, 4) is 0 Å². The Morgan fingerprint density at radius 2 is 2.15 bits per heavy atom. The summed E-state index contributed by atoms with van der Waals surface area (Å²) in [6.07, 6.45) is 0. The number of hydrogen-bond donors (Lipinski definition) is 3. The number of imidazole rings is 1. The SMILES string of the molecule is Cc1ccc2[nH]c(CNC(=O)c3ccc4c(c3)CN(C)CCN4)nc2n1. The third kappa shape index (κ3) is 3.39. The molecule has 0 bridgehead atoms. The van der Waals surface area contributed by atoms with E-state index in [1.807, 2.05) is 37.3 Å². The van der Waals surface area contributed by atoms with Gasteiger partial charge in [0.15, 0.2) is 5.65 Å². The van der Waals surface area contributed by atoms with E-state index in [0.29, 0.717) is 23.6 Å². The lowest BCUT2D eigenvalue weighted by atomic mass is 10.1. The van der Waals surface area contributed by atoms with Gasteiger partial charge >= 0.3 is 0 Å². The summed E-state index contributed by atoms with van der Waals surface area (Å²) in [5.41, 5.74) is 5.37. The zero-order valence-electron chi connectivity index (χ0n) is 15.0. The van der Waals surface area contributed by atoms with E-state index < -0.39 is 0 Å². The second kappa shape index (κ2) is 6.76. The lowest BCUT2D eigenvalue weighted by Crippen LogP contribution is -2.24. The molecule has 0 atom stereocenters. The van der Waals surface area contributed by atoms with Crippen molar-refractivity contribution in [3.63, 3.8) is 0 Å². The Morgan fingerprint density at radius 3 is 3.04 bits per heavy atom. The molecule has 0 radical (unpaired) electrons. The maximum Gasteiger partial charge on any atom is 0.251 e. The molecule has 1 aromatic carbocycles. The molecule has 1 amide bonds. The van der Waals surface area contributed by atoms with E-state index in [1.54, 1.807) is 0 Å². The van der Waals surface area contributed by atoms with Crippen LogP contribution >= 0.6 is 0 Å². The van der Waals surface area contributed by atoms with Crippen LogP contribution in [0.15, 0.2) is 30.3 Å². The number of amides is 1. The van der Waals surface area contributed by atoms with E-state index in [4.69, 9.17) is 0 Å². The number of aryl methyl sites for hydroxylation is 1. The lowest BCUT2D eigenvalue weighted by Gasteiger charge is -2.13. The number of carbonyl (C=O) groups excluding carboxylic acids is 1. The Morgan fingerprint density at radius 1 is 1.27 bits per heavy atom. The zero-order chi connectivity index (χ0) is 18.1. The maximum absolute atomic E-state index is 12.5. The predicted molar refractivity (Wildman–Crippen MR) is 101 cm³/mol. The van der Waals surface area contributed by atoms with E-state index in [9.17, 15) is 4.79 Å². The minimum Gasteiger partial charge on any atom is -0.383 e. The van der Waals surface area contributed by atoms with Crippen LogP contribution in [0.1, 0.15) is 27.4 Å². The van der Waals surface area contributed by atoms with E-state index in [-0.39, 0.29) is 5.91 Å². The number of anilines is 1. The van der Waals surface area contributed by atoms with Crippen LogP contribution in [-0.2, 0) is 13.1 Å². The fraction of sp³-hybridized carbons (Fsp3) is 0.316. The van der Waals surface area contributed by atoms with Crippen LogP contribution in [0.3, 0.4) is 0 Å². The van der Waals surface area contributed by atoms with Crippen molar-refractivity contribution in [2.45, 2.75) is 20.0 Å². The van der Waals surface area contributed by atoms with Crippen molar-refractivity contribution in [2.75, 3.05) is 25.5 Å². The molecule has 0 saturated carbocycles. The maximum atomic E-state index is 12.5. The molecule has 1 aliphatic heterocycles. The van der Waals surface area contributed by atoms with Gasteiger partial charge in [0, 0.05) is 36.6 Å². The average molecular weight is 350 g/mol. The number of fused-ring (bicyclic) bond motifs is 2. The molecular formula is C19H22N6O. The number of aromatic amines is 1. The lowest BCUT2D eigenvalue weighted by molar-refractivity contribution is 0.0950. The molecule has 0 unspecified atom stereocenters. The van der Waals surface area contributed by atoms with Gasteiger partial charge in [-0.2, -0.15) is 0 Å². The standard InChI is InChI=1S/C19H22N6O/c1-12-3-5-16-18(22-12)24-17(23-16)10-21-19(26)13-4-6-15-14(9-13)11-25(2)8-7-20-15/h3-6,9,20H,7-8,10-11H2,1-2H3,(H,21,26)(H,22,23,24). The summed E-state index contributed by atoms with van der Waals surface area (Å²) < 4.78 is 0. The van der Waals surface area contributed by atoms with Gasteiger partial charge in [-0.1, -0.05) is 0 Å². The monoisotopic (exact) mass is 350 g/mol. The number of carbonyl (C=O) groups is 1. The Labute approximate surface area is 151 Å². The number of H-pyrrole nitrogens is 1. The normalized spacial score (nSPS) is 14.5. The van der Waals surface area contributed by atoms with Gasteiger partial charge in [0.05, 0.1) is 12.1 Å². The van der Waals surface area contributed by atoms with Gasteiger partial charge in [0.1, 0.15) is 5.82 Å². The zero-order valence-corrected chi connectivity index (χ0v) is 15.0. The second-order valence-corrected chi connectivity index (χ2v) is 6.73. The number of nitrogens with zero attached hydrogens (tertiary/aromatic N) is 3. The Kier molecular flexibility index (Phi) is 4.30. The van der Waals surface area contributed by atoms with Gasteiger partial charge in [-0.15, -0.1) is 0 Å². The summed E-state index contributed by atoms with van der Waals surface area (Å²) in [5, 5.41) is 6.33. The highest BCUT2D eigenvalue weighted by molar-refractivity contribution is 5.94. The summed E-state index contributed by atoms with van der Waals surface area (Å²) in [6.45, 7) is 4.99. The summed E-state index contributed by atoms with van der Waals surface area (Å²) >= 11 is 0. The first-order chi connectivity index (χ1) is 12.6. The number of rotatable bonds is 3. The third-order valence-electron chi connectivity index (χ3n) is 4.57. The highest BCUT2D eigenvalue weighted by atomic mass is 16.1. The van der Waals surface area contributed by atoms with Crippen molar-refractivity contribution in [2.24, 2.45) is 0 Å². The van der Waals surface area contributed by atoms with Gasteiger partial charge < -0.3 is 20.5 Å². The Bertz CT molecular complexity index is 964. The molecule has 0 fully saturated rings. The summed E-state index contributed by atoms with van der Waals surface area (Å²) in [5.74, 6) is 0.590. The predicted octanol–water partition coefficient (Wildman–Crippen LogP) is 2.05. The minimum absolute atomic E-state index is 0.107. The number of pyridine rings is 1. The number of likely N-dealkylation sites (N-methyl/N-ethyl adjacent to an activating group) is 1. The molecule has 1 aliphatic rings. The second-order valence-electron chi connectivity index (χ2n) is 6.73. The molecule has 2 aromatic heterocycles. The molecule has 26 heavy (non-hydrogen) atoms. The van der Waals surface area contributed by atoms with Crippen molar-refractivity contribution in [1.82, 2.24) is 25.2 Å². The molecule has 3 aromatic rings. The first-order valence-corrected chi connectivity index (χ1v) is 8.74. The fourth-order valence-corrected chi connectivity index (χ4v) is 3.18. The molecule has 0 spiro atoms. The summed E-state index contributed by atoms with van der Waals surface area (Å²) in [7, 11) is 2.08. The van der Waals surface area contributed by atoms with Gasteiger partial charge in [-0.3, -0.25) is 4.79 Å². The van der Waals surface area contributed by atoms with Crippen LogP contribution in [0.4, 0.5) is 5.69 Å². The van der Waals surface area contributed by atoms with Crippen molar-refractivity contribution < 1.29 is 4.79 Å². The molecule has 3 N–H and O–H groups in total. The van der Waals surface area contributed by atoms with Gasteiger partial charge in [-0.05, 0) is 49.9 Å². The minimum atomic E-state index is -0.107. The molecule has 0 saturated heterocycles. The molecule has 0 aliphatic carbocycles. The Balaban J connectivity index is 1.47. The average Bonchev–Trinajstić information content (AvgIpc) is 2.92. The highest BCUT2D eigenvalue weighted by Gasteiger charge is 2.14. The molecule has 134 valence electrons. The Hall–Kier alpha value is -2.93. The van der Waals surface area contributed by atoms with Crippen LogP contribution in [0.25, 0.3) is 11.2 Å². The number of aromatic nitrogens is 3. The number of benzene rings is 1. The third-order valence-corrected chi connectivity index (χ3v) is 4.57. The van der Waals surface area contributed by atoms with Gasteiger partial charge in [0.2, 0.25) is 0 Å². The van der Waals surface area contributed by atoms with Crippen molar-refractivity contribution in [3.05, 3.63) is 53.0 Å². The van der Waals surface area contributed by atoms with Crippen LogP contribution < -0.4 is 10.6 Å². The largest absolute Gasteiger partial charge is 0.383 e. The van der Waals surface area contributed by atoms with Gasteiger partial charge in [-0.25, -0.2) is 9.97 Å². The molecule has 4 rings (SSSR count). The first-order valence-electron chi connectivity index (χ1n) is 8.74. The number of hydrogen-bond acceptors (Lipinski definition) is 5. The van der Waals surface area contributed by atoms with E-state index >= 15 is 0 Å². The molecule has 7 nitrogen and oxygen atoms in total. The molecule has 3 heterocycles. The fourth-order valence-electron chi connectivity index (χ4n) is 3.18. The summed E-state index contributed by atoms with van der Waals surface area (Å²) in [4.78, 5) is 26.8. The van der Waals surface area contributed by atoms with Crippen LogP contribution in [-0.4, -0.2) is 45.9 Å². The topological polar surface area (TPSA) is 85.9 Å².